The van der Waals surface area contributed by atoms with Crippen LogP contribution in [0.5, 0.6) is 0 Å². The molecule has 9 heteroatoms. The molecule has 0 saturated carbocycles. The number of alkyl halides is 3. The molecule has 0 bridgehead atoms. The van der Waals surface area contributed by atoms with Crippen molar-refractivity contribution >= 4 is 23.5 Å². The largest absolute Gasteiger partial charge is 0.416 e. The van der Waals surface area contributed by atoms with Gasteiger partial charge in [0.25, 0.3) is 0 Å². The highest BCUT2D eigenvalue weighted by Crippen LogP contribution is 2.30. The third-order valence-corrected chi connectivity index (χ3v) is 2.75. The van der Waals surface area contributed by atoms with Crippen LogP contribution in [0.4, 0.5) is 36.7 Å². The molecule has 0 aliphatic heterocycles. The first-order valence-electron chi connectivity index (χ1n) is 6.92. The minimum atomic E-state index is -4.36. The number of nitrogens with one attached hydrogen (secondary N) is 3. The summed E-state index contributed by atoms with van der Waals surface area (Å²) in [6, 6.07) is 4.76. The molecule has 1 heterocycles. The summed E-state index contributed by atoms with van der Waals surface area (Å²) in [5, 5.41) is 8.71. The molecule has 0 unspecified atom stereocenters. The molecule has 0 aliphatic rings. The van der Waals surface area contributed by atoms with Crippen LogP contribution in [0.15, 0.2) is 24.3 Å². The lowest BCUT2D eigenvalue weighted by molar-refractivity contribution is -0.137. The molecular weight excluding hydrogens is 309 g/mol. The second-order valence-electron chi connectivity index (χ2n) is 5.06. The number of rotatable bonds is 5. The van der Waals surface area contributed by atoms with Gasteiger partial charge < -0.3 is 16.0 Å². The molecule has 124 valence electrons. The van der Waals surface area contributed by atoms with E-state index in [1.54, 1.807) is 7.05 Å². The van der Waals surface area contributed by atoms with Gasteiger partial charge in [0, 0.05) is 18.8 Å². The molecule has 0 aliphatic carbocycles. The number of hydrogen-bond donors (Lipinski definition) is 3. The van der Waals surface area contributed by atoms with Crippen molar-refractivity contribution in [3.8, 4) is 0 Å². The van der Waals surface area contributed by atoms with Crippen molar-refractivity contribution in [3.63, 3.8) is 0 Å². The molecule has 2 rings (SSSR count). The van der Waals surface area contributed by atoms with Gasteiger partial charge in [-0.2, -0.15) is 28.1 Å². The maximum absolute atomic E-state index is 12.5. The van der Waals surface area contributed by atoms with Gasteiger partial charge in [-0.3, -0.25) is 0 Å². The summed E-state index contributed by atoms with van der Waals surface area (Å²) >= 11 is 0. The zero-order valence-electron chi connectivity index (χ0n) is 12.9. The van der Waals surface area contributed by atoms with Crippen LogP contribution in [0.25, 0.3) is 0 Å². The maximum Gasteiger partial charge on any atom is 0.416 e. The third kappa shape index (κ3) is 4.70. The predicted molar refractivity (Wildman–Crippen MR) is 82.9 cm³/mol. The molecule has 1 aromatic carbocycles. The van der Waals surface area contributed by atoms with Gasteiger partial charge in [0.2, 0.25) is 17.8 Å². The van der Waals surface area contributed by atoms with Gasteiger partial charge in [0.05, 0.1) is 5.56 Å². The van der Waals surface area contributed by atoms with Crippen molar-refractivity contribution < 1.29 is 13.2 Å². The molecule has 23 heavy (non-hydrogen) atoms. The van der Waals surface area contributed by atoms with Gasteiger partial charge >= 0.3 is 6.18 Å². The van der Waals surface area contributed by atoms with E-state index in [-0.39, 0.29) is 12.0 Å². The Labute approximate surface area is 131 Å². The lowest BCUT2D eigenvalue weighted by Crippen LogP contribution is -2.15. The van der Waals surface area contributed by atoms with E-state index in [1.807, 2.05) is 13.8 Å². The smallest absolute Gasteiger partial charge is 0.357 e. The van der Waals surface area contributed by atoms with Crippen LogP contribution in [0.3, 0.4) is 0 Å². The lowest BCUT2D eigenvalue weighted by Gasteiger charge is -2.12. The Morgan fingerprint density at radius 1 is 0.913 bits per heavy atom. The summed E-state index contributed by atoms with van der Waals surface area (Å²) in [4.78, 5) is 12.4. The SMILES string of the molecule is CNc1nc(Nc2ccc(C(F)(F)F)cc2)nc(NC(C)C)n1. The van der Waals surface area contributed by atoms with E-state index in [1.165, 1.54) is 12.1 Å². The minimum absolute atomic E-state index is 0.126. The lowest BCUT2D eigenvalue weighted by atomic mass is 10.2. The third-order valence-electron chi connectivity index (χ3n) is 2.75. The molecule has 1 aromatic heterocycles. The summed E-state index contributed by atoms with van der Waals surface area (Å²) in [6.45, 7) is 3.87. The molecule has 0 atom stereocenters. The van der Waals surface area contributed by atoms with Crippen LogP contribution in [0, 0.1) is 0 Å². The molecule has 0 spiro atoms. The maximum atomic E-state index is 12.5. The zero-order chi connectivity index (χ0) is 17.0. The van der Waals surface area contributed by atoms with Crippen molar-refractivity contribution in [2.24, 2.45) is 0 Å². The van der Waals surface area contributed by atoms with Crippen molar-refractivity contribution in [1.29, 1.82) is 0 Å². The Balaban J connectivity index is 2.21. The van der Waals surface area contributed by atoms with E-state index < -0.39 is 11.7 Å². The molecule has 0 saturated heterocycles. The van der Waals surface area contributed by atoms with E-state index in [2.05, 4.69) is 30.9 Å². The highest BCUT2D eigenvalue weighted by Gasteiger charge is 2.29. The summed E-state index contributed by atoms with van der Waals surface area (Å²) < 4.78 is 37.6. The second kappa shape index (κ2) is 6.67. The predicted octanol–water partition coefficient (Wildman–Crippen LogP) is 3.50. The fraction of sp³-hybridized carbons (Fsp3) is 0.357. The Bertz CT molecular complexity index is 655. The fourth-order valence-corrected chi connectivity index (χ4v) is 1.74. The number of benzene rings is 1. The number of hydrogen-bond acceptors (Lipinski definition) is 6. The minimum Gasteiger partial charge on any atom is -0.357 e. The highest BCUT2D eigenvalue weighted by atomic mass is 19.4. The van der Waals surface area contributed by atoms with Gasteiger partial charge in [0.1, 0.15) is 0 Å². The molecular formula is C14H17F3N6. The number of anilines is 4. The first-order valence-corrected chi connectivity index (χ1v) is 6.92. The fourth-order valence-electron chi connectivity index (χ4n) is 1.74. The summed E-state index contributed by atoms with van der Waals surface area (Å²) in [5.41, 5.74) is -0.265. The van der Waals surface area contributed by atoms with Crippen molar-refractivity contribution in [1.82, 2.24) is 15.0 Å². The van der Waals surface area contributed by atoms with Crippen molar-refractivity contribution in [2.45, 2.75) is 26.1 Å². The zero-order valence-corrected chi connectivity index (χ0v) is 12.9. The van der Waals surface area contributed by atoms with E-state index in [4.69, 9.17) is 0 Å². The first kappa shape index (κ1) is 16.8. The van der Waals surface area contributed by atoms with Gasteiger partial charge in [-0.05, 0) is 38.1 Å². The standard InChI is InChI=1S/C14H17F3N6/c1-8(2)19-12-21-11(18-3)22-13(23-12)20-10-6-4-9(5-7-10)14(15,16)17/h4-8H,1-3H3,(H3,18,19,20,21,22,23). The van der Waals surface area contributed by atoms with Gasteiger partial charge in [-0.25, -0.2) is 0 Å². The number of nitrogens with zero attached hydrogens (tertiary/aromatic N) is 3. The van der Waals surface area contributed by atoms with E-state index in [0.29, 0.717) is 17.6 Å². The molecule has 3 N–H and O–H groups in total. The van der Waals surface area contributed by atoms with Crippen LogP contribution >= 0.6 is 0 Å². The Kier molecular flexibility index (Phi) is 4.87. The highest BCUT2D eigenvalue weighted by molar-refractivity contribution is 5.56. The van der Waals surface area contributed by atoms with Crippen LogP contribution < -0.4 is 16.0 Å². The molecule has 2 aromatic rings. The Hall–Kier alpha value is -2.58. The number of aromatic nitrogens is 3. The molecule has 0 amide bonds. The monoisotopic (exact) mass is 326 g/mol. The summed E-state index contributed by atoms with van der Waals surface area (Å²) in [5.74, 6) is 0.943. The summed E-state index contributed by atoms with van der Waals surface area (Å²) in [7, 11) is 1.66. The molecule has 0 fully saturated rings. The Morgan fingerprint density at radius 3 is 2.00 bits per heavy atom. The van der Waals surface area contributed by atoms with Crippen LogP contribution in [0.2, 0.25) is 0 Å². The van der Waals surface area contributed by atoms with E-state index in [9.17, 15) is 13.2 Å². The van der Waals surface area contributed by atoms with Crippen molar-refractivity contribution in [2.75, 3.05) is 23.0 Å². The molecule has 0 radical (unpaired) electrons. The number of halogens is 3. The van der Waals surface area contributed by atoms with Gasteiger partial charge in [0.15, 0.2) is 0 Å². The Morgan fingerprint density at radius 2 is 1.48 bits per heavy atom. The van der Waals surface area contributed by atoms with E-state index >= 15 is 0 Å². The summed E-state index contributed by atoms with van der Waals surface area (Å²) in [6.07, 6.45) is -4.36. The second-order valence-corrected chi connectivity index (χ2v) is 5.06. The van der Waals surface area contributed by atoms with Gasteiger partial charge in [-0.1, -0.05) is 0 Å². The van der Waals surface area contributed by atoms with Crippen LogP contribution in [-0.4, -0.2) is 28.0 Å². The first-order chi connectivity index (χ1) is 10.8. The quantitative estimate of drug-likeness (QED) is 0.781. The van der Waals surface area contributed by atoms with Gasteiger partial charge in [-0.15, -0.1) is 0 Å². The topological polar surface area (TPSA) is 74.8 Å². The average molecular weight is 326 g/mol. The van der Waals surface area contributed by atoms with Crippen LogP contribution in [0.1, 0.15) is 19.4 Å². The average Bonchev–Trinajstić information content (AvgIpc) is 2.45. The molecule has 6 nitrogen and oxygen atoms in total. The van der Waals surface area contributed by atoms with Crippen LogP contribution in [-0.2, 0) is 6.18 Å². The van der Waals surface area contributed by atoms with E-state index in [0.717, 1.165) is 12.1 Å². The van der Waals surface area contributed by atoms with Crippen molar-refractivity contribution in [3.05, 3.63) is 29.8 Å². The normalized spacial score (nSPS) is 11.4.